The minimum atomic E-state index is -0.165. The van der Waals surface area contributed by atoms with Crippen LogP contribution in [0.25, 0.3) is 0 Å². The maximum absolute atomic E-state index is 12.0. The zero-order valence-electron chi connectivity index (χ0n) is 11.8. The van der Waals surface area contributed by atoms with Gasteiger partial charge in [0.1, 0.15) is 0 Å². The van der Waals surface area contributed by atoms with Crippen molar-refractivity contribution in [1.29, 1.82) is 0 Å². The molecule has 1 aromatic rings. The van der Waals surface area contributed by atoms with Gasteiger partial charge in [-0.05, 0) is 12.3 Å². The minimum Gasteiger partial charge on any atom is -0.347 e. The Morgan fingerprint density at radius 2 is 2.17 bits per heavy atom. The van der Waals surface area contributed by atoms with Crippen LogP contribution in [0.3, 0.4) is 0 Å². The number of aromatic nitrogens is 3. The summed E-state index contributed by atoms with van der Waals surface area (Å²) in [6, 6.07) is -0.165. The highest BCUT2D eigenvalue weighted by atomic mass is 16.2. The maximum atomic E-state index is 12.0. The Morgan fingerprint density at radius 3 is 2.61 bits per heavy atom. The van der Waals surface area contributed by atoms with Crippen LogP contribution in [-0.4, -0.2) is 45.9 Å². The molecule has 1 atom stereocenters. The van der Waals surface area contributed by atoms with Crippen molar-refractivity contribution in [3.8, 4) is 0 Å². The van der Waals surface area contributed by atoms with Crippen molar-refractivity contribution in [1.82, 2.24) is 25.2 Å². The molecule has 0 aliphatic rings. The summed E-state index contributed by atoms with van der Waals surface area (Å²) in [5.41, 5.74) is 0.845. The Morgan fingerprint density at radius 1 is 1.50 bits per heavy atom. The highest BCUT2D eigenvalue weighted by Gasteiger charge is 2.21. The van der Waals surface area contributed by atoms with Crippen molar-refractivity contribution in [2.45, 2.75) is 32.9 Å². The van der Waals surface area contributed by atoms with E-state index in [4.69, 9.17) is 0 Å². The fourth-order valence-electron chi connectivity index (χ4n) is 1.76. The number of nitrogens with zero attached hydrogens (tertiary/aromatic N) is 4. The topological polar surface area (TPSA) is 63.1 Å². The van der Waals surface area contributed by atoms with Crippen molar-refractivity contribution in [3.63, 3.8) is 0 Å². The fraction of sp³-hybridized carbons (Fsp3) is 0.750. The molecular formula is C12H23N5O. The molecule has 1 unspecified atom stereocenters. The zero-order chi connectivity index (χ0) is 13.7. The Kier molecular flexibility index (Phi) is 5.27. The first-order valence-corrected chi connectivity index (χ1v) is 6.20. The van der Waals surface area contributed by atoms with E-state index in [9.17, 15) is 4.79 Å². The molecule has 18 heavy (non-hydrogen) atoms. The number of amides is 1. The van der Waals surface area contributed by atoms with Crippen molar-refractivity contribution < 1.29 is 4.79 Å². The third kappa shape index (κ3) is 4.44. The molecule has 102 valence electrons. The molecule has 1 heterocycles. The smallest absolute Gasteiger partial charge is 0.239 e. The van der Waals surface area contributed by atoms with Gasteiger partial charge < -0.3 is 10.2 Å². The number of carbonyl (C=O) groups is 1. The largest absolute Gasteiger partial charge is 0.347 e. The monoisotopic (exact) mass is 253 g/mol. The number of hydrogen-bond donors (Lipinski definition) is 1. The van der Waals surface area contributed by atoms with Gasteiger partial charge in [0.05, 0.1) is 11.7 Å². The molecule has 0 radical (unpaired) electrons. The van der Waals surface area contributed by atoms with Crippen LogP contribution in [0.1, 0.15) is 26.0 Å². The van der Waals surface area contributed by atoms with Crippen LogP contribution in [0.2, 0.25) is 0 Å². The highest BCUT2D eigenvalue weighted by molar-refractivity contribution is 5.81. The second-order valence-electron chi connectivity index (χ2n) is 5.18. The Bertz CT molecular complexity index is 386. The van der Waals surface area contributed by atoms with Crippen molar-refractivity contribution in [2.24, 2.45) is 13.0 Å². The Labute approximate surface area is 108 Å². The van der Waals surface area contributed by atoms with Gasteiger partial charge in [0.25, 0.3) is 0 Å². The van der Waals surface area contributed by atoms with E-state index in [0.29, 0.717) is 12.5 Å². The predicted octanol–water partition coefficient (Wildman–Crippen LogP) is 0.408. The van der Waals surface area contributed by atoms with Crippen LogP contribution in [-0.2, 0) is 18.4 Å². The minimum absolute atomic E-state index is 0.104. The molecule has 1 amide bonds. The molecular weight excluding hydrogens is 230 g/mol. The summed E-state index contributed by atoms with van der Waals surface area (Å²) in [6.45, 7) is 4.78. The lowest BCUT2D eigenvalue weighted by molar-refractivity contribution is -0.131. The predicted molar refractivity (Wildman–Crippen MR) is 69.8 cm³/mol. The van der Waals surface area contributed by atoms with Crippen LogP contribution < -0.4 is 5.32 Å². The Balaban J connectivity index is 2.58. The number of aryl methyl sites for hydroxylation is 1. The molecule has 0 fully saturated rings. The Hall–Kier alpha value is -1.43. The maximum Gasteiger partial charge on any atom is 0.239 e. The molecule has 6 nitrogen and oxygen atoms in total. The quantitative estimate of drug-likeness (QED) is 0.797. The second-order valence-corrected chi connectivity index (χ2v) is 5.18. The summed E-state index contributed by atoms with van der Waals surface area (Å²) in [7, 11) is 5.38. The molecule has 6 heteroatoms. The van der Waals surface area contributed by atoms with Crippen LogP contribution in [0.5, 0.6) is 0 Å². The first-order valence-electron chi connectivity index (χ1n) is 6.20. The van der Waals surface area contributed by atoms with Gasteiger partial charge >= 0.3 is 0 Å². The van der Waals surface area contributed by atoms with Crippen LogP contribution in [0.15, 0.2) is 6.20 Å². The lowest BCUT2D eigenvalue weighted by Gasteiger charge is -2.22. The van der Waals surface area contributed by atoms with Crippen LogP contribution >= 0.6 is 0 Å². The fourth-order valence-corrected chi connectivity index (χ4v) is 1.76. The van der Waals surface area contributed by atoms with Gasteiger partial charge in [0.2, 0.25) is 5.91 Å². The first kappa shape index (κ1) is 14.6. The lowest BCUT2D eigenvalue weighted by atomic mass is 10.0. The molecule has 1 N–H and O–H groups in total. The van der Waals surface area contributed by atoms with E-state index in [2.05, 4.69) is 29.5 Å². The summed E-state index contributed by atoms with van der Waals surface area (Å²) < 4.78 is 1.65. The molecule has 1 aromatic heterocycles. The van der Waals surface area contributed by atoms with Crippen molar-refractivity contribution >= 4 is 5.91 Å². The first-order chi connectivity index (χ1) is 8.40. The van der Waals surface area contributed by atoms with Gasteiger partial charge in [0, 0.05) is 33.9 Å². The van der Waals surface area contributed by atoms with Gasteiger partial charge in [-0.2, -0.15) is 0 Å². The van der Waals surface area contributed by atoms with E-state index in [1.165, 1.54) is 0 Å². The van der Waals surface area contributed by atoms with Gasteiger partial charge in [0.15, 0.2) is 0 Å². The summed E-state index contributed by atoms with van der Waals surface area (Å²) in [5, 5.41) is 11.1. The number of rotatable bonds is 6. The lowest BCUT2D eigenvalue weighted by Crippen LogP contribution is -2.44. The summed E-state index contributed by atoms with van der Waals surface area (Å²) in [5.74, 6) is 0.570. The van der Waals surface area contributed by atoms with Gasteiger partial charge in [-0.25, -0.2) is 0 Å². The second kappa shape index (κ2) is 6.49. The number of nitrogens with one attached hydrogen (secondary N) is 1. The summed E-state index contributed by atoms with van der Waals surface area (Å²) >= 11 is 0. The third-order valence-corrected chi connectivity index (χ3v) is 2.63. The zero-order valence-corrected chi connectivity index (χ0v) is 11.8. The molecule has 0 bridgehead atoms. The third-order valence-electron chi connectivity index (χ3n) is 2.63. The van der Waals surface area contributed by atoms with E-state index >= 15 is 0 Å². The molecule has 0 saturated carbocycles. The summed E-state index contributed by atoms with van der Waals surface area (Å²) in [6.07, 6.45) is 2.66. The van der Waals surface area contributed by atoms with E-state index in [1.807, 2.05) is 13.2 Å². The number of carbonyl (C=O) groups excluding carboxylic acids is 1. The number of likely N-dealkylation sites (N-methyl/N-ethyl adjacent to an activating group) is 1. The van der Waals surface area contributed by atoms with E-state index < -0.39 is 0 Å². The highest BCUT2D eigenvalue weighted by Crippen LogP contribution is 2.07. The van der Waals surface area contributed by atoms with Crippen molar-refractivity contribution in [2.75, 3.05) is 14.1 Å². The van der Waals surface area contributed by atoms with Gasteiger partial charge in [-0.15, -0.1) is 5.10 Å². The molecule has 0 saturated heterocycles. The van der Waals surface area contributed by atoms with E-state index in [1.54, 1.807) is 23.7 Å². The van der Waals surface area contributed by atoms with Crippen molar-refractivity contribution in [3.05, 3.63) is 11.9 Å². The van der Waals surface area contributed by atoms with Gasteiger partial charge in [-0.1, -0.05) is 19.1 Å². The number of hydrogen-bond acceptors (Lipinski definition) is 4. The molecule has 1 rings (SSSR count). The standard InChI is InChI=1S/C12H23N5O/c1-9(2)6-11(12(18)16(3)4)13-7-10-8-17(5)15-14-10/h8-9,11,13H,6-7H2,1-5H3. The normalized spacial score (nSPS) is 12.8. The molecule has 0 spiro atoms. The van der Waals surface area contributed by atoms with E-state index in [-0.39, 0.29) is 11.9 Å². The van der Waals surface area contributed by atoms with Crippen LogP contribution in [0, 0.1) is 5.92 Å². The van der Waals surface area contributed by atoms with Gasteiger partial charge in [-0.3, -0.25) is 9.48 Å². The SMILES string of the molecule is CC(C)CC(NCc1cn(C)nn1)C(=O)N(C)C. The van der Waals surface area contributed by atoms with Crippen LogP contribution in [0.4, 0.5) is 0 Å². The molecule has 0 aliphatic heterocycles. The average Bonchev–Trinajstić information content (AvgIpc) is 2.68. The van der Waals surface area contributed by atoms with E-state index in [0.717, 1.165) is 12.1 Å². The molecule has 0 aromatic carbocycles. The average molecular weight is 253 g/mol. The summed E-state index contributed by atoms with van der Waals surface area (Å²) in [4.78, 5) is 13.6. The molecule has 0 aliphatic carbocycles.